The maximum atomic E-state index is 12.3. The predicted molar refractivity (Wildman–Crippen MR) is 105 cm³/mol. The number of aryl methyl sites for hydroxylation is 1. The summed E-state index contributed by atoms with van der Waals surface area (Å²) in [5.74, 6) is -0.833. The lowest BCUT2D eigenvalue weighted by Gasteiger charge is -2.31. The summed E-state index contributed by atoms with van der Waals surface area (Å²) in [5.41, 5.74) is 3.20. The molecule has 0 radical (unpaired) electrons. The smallest absolute Gasteiger partial charge is 0.278 e. The third kappa shape index (κ3) is 4.55. The van der Waals surface area contributed by atoms with Crippen LogP contribution in [0, 0.1) is 6.92 Å². The number of nitrogens with one attached hydrogen (secondary N) is 1. The summed E-state index contributed by atoms with van der Waals surface area (Å²) in [6, 6.07) is 12.6. The Kier molecular flexibility index (Phi) is 6.58. The fourth-order valence-electron chi connectivity index (χ4n) is 2.84. The van der Waals surface area contributed by atoms with E-state index >= 15 is 0 Å². The molecule has 0 saturated carbocycles. The lowest BCUT2D eigenvalue weighted by atomic mass is 9.95. The molecule has 0 saturated heterocycles. The minimum Gasteiger partial charge on any atom is -0.388 e. The van der Waals surface area contributed by atoms with E-state index in [4.69, 9.17) is 19.6 Å². The van der Waals surface area contributed by atoms with Crippen LogP contribution in [0.15, 0.2) is 53.2 Å². The molecule has 2 atom stereocenters. The maximum Gasteiger partial charge on any atom is 0.278 e. The molecule has 0 aliphatic rings. The van der Waals surface area contributed by atoms with Gasteiger partial charge in [0.15, 0.2) is 11.4 Å². The maximum absolute atomic E-state index is 12.3. The van der Waals surface area contributed by atoms with Crippen LogP contribution in [-0.2, 0) is 22.7 Å². The zero-order chi connectivity index (χ0) is 21.7. The molecule has 0 aliphatic heterocycles. The molecule has 3 aromatic rings. The van der Waals surface area contributed by atoms with Crippen LogP contribution in [0.4, 0.5) is 0 Å². The SMILES string of the molecule is Cc1ccc(-c2ccc(CO[C@](C)(C(=O)NO)[C@@H](O)c3cc(CO)on3)cc2)nc1. The van der Waals surface area contributed by atoms with Crippen molar-refractivity contribution >= 4 is 5.91 Å². The van der Waals surface area contributed by atoms with Gasteiger partial charge in [0.1, 0.15) is 18.4 Å². The highest BCUT2D eigenvalue weighted by molar-refractivity contribution is 5.84. The number of aromatic nitrogens is 2. The van der Waals surface area contributed by atoms with Crippen LogP contribution in [0.3, 0.4) is 0 Å². The molecule has 4 N–H and O–H groups in total. The number of hydrogen-bond acceptors (Lipinski definition) is 8. The summed E-state index contributed by atoms with van der Waals surface area (Å²) >= 11 is 0. The van der Waals surface area contributed by atoms with Gasteiger partial charge in [-0.05, 0) is 31.0 Å². The molecular formula is C21H23N3O6. The number of benzene rings is 1. The average molecular weight is 413 g/mol. The van der Waals surface area contributed by atoms with E-state index in [2.05, 4.69) is 10.1 Å². The first kappa shape index (κ1) is 21.6. The Morgan fingerprint density at radius 3 is 2.57 bits per heavy atom. The summed E-state index contributed by atoms with van der Waals surface area (Å²) in [7, 11) is 0. The summed E-state index contributed by atoms with van der Waals surface area (Å²) in [5, 5.41) is 32.5. The van der Waals surface area contributed by atoms with E-state index in [-0.39, 0.29) is 18.1 Å². The van der Waals surface area contributed by atoms with Crippen molar-refractivity contribution in [1.29, 1.82) is 0 Å². The van der Waals surface area contributed by atoms with Crippen LogP contribution < -0.4 is 5.48 Å². The third-order valence-electron chi connectivity index (χ3n) is 4.79. The molecule has 0 fully saturated rings. The van der Waals surface area contributed by atoms with Crippen LogP contribution in [0.2, 0.25) is 0 Å². The van der Waals surface area contributed by atoms with E-state index in [9.17, 15) is 9.90 Å². The molecule has 30 heavy (non-hydrogen) atoms. The summed E-state index contributed by atoms with van der Waals surface area (Å²) in [6.45, 7) is 2.86. The van der Waals surface area contributed by atoms with Crippen molar-refractivity contribution in [2.75, 3.05) is 0 Å². The molecule has 0 bridgehead atoms. The number of aliphatic hydroxyl groups excluding tert-OH is 2. The van der Waals surface area contributed by atoms with E-state index in [0.29, 0.717) is 0 Å². The number of ether oxygens (including phenoxy) is 1. The molecule has 1 amide bonds. The molecule has 3 rings (SSSR count). The van der Waals surface area contributed by atoms with Crippen molar-refractivity contribution in [1.82, 2.24) is 15.6 Å². The molecular weight excluding hydrogens is 390 g/mol. The van der Waals surface area contributed by atoms with Gasteiger partial charge in [0.2, 0.25) is 0 Å². The second-order valence-electron chi connectivity index (χ2n) is 7.03. The monoisotopic (exact) mass is 413 g/mol. The van der Waals surface area contributed by atoms with Gasteiger partial charge in [0.05, 0.1) is 12.3 Å². The Morgan fingerprint density at radius 2 is 2.00 bits per heavy atom. The van der Waals surface area contributed by atoms with Gasteiger partial charge in [-0.3, -0.25) is 15.0 Å². The van der Waals surface area contributed by atoms with E-state index < -0.39 is 24.2 Å². The molecule has 9 nitrogen and oxygen atoms in total. The highest BCUT2D eigenvalue weighted by atomic mass is 16.5. The number of rotatable bonds is 8. The zero-order valence-electron chi connectivity index (χ0n) is 16.6. The van der Waals surface area contributed by atoms with Gasteiger partial charge in [0, 0.05) is 17.8 Å². The Balaban J connectivity index is 1.75. The van der Waals surface area contributed by atoms with E-state index in [1.54, 1.807) is 6.20 Å². The first-order valence-corrected chi connectivity index (χ1v) is 9.22. The van der Waals surface area contributed by atoms with Crippen molar-refractivity contribution in [2.45, 2.75) is 38.8 Å². The predicted octanol–water partition coefficient (Wildman–Crippen LogP) is 2.05. The van der Waals surface area contributed by atoms with Crippen LogP contribution in [0.5, 0.6) is 0 Å². The Labute approximate surface area is 172 Å². The van der Waals surface area contributed by atoms with Crippen LogP contribution >= 0.6 is 0 Å². The van der Waals surface area contributed by atoms with Gasteiger partial charge in [-0.2, -0.15) is 0 Å². The van der Waals surface area contributed by atoms with Gasteiger partial charge in [-0.25, -0.2) is 5.48 Å². The molecule has 0 unspecified atom stereocenters. The fraction of sp³-hybridized carbons (Fsp3) is 0.286. The quantitative estimate of drug-likeness (QED) is 0.325. The van der Waals surface area contributed by atoms with Crippen molar-refractivity contribution in [3.05, 3.63) is 71.2 Å². The second kappa shape index (κ2) is 9.14. The standard InChI is InChI=1S/C21H23N3O6/c1-13-3-8-17(22-10-13)15-6-4-14(5-7-15)12-29-21(2,20(27)23-28)19(26)18-9-16(11-25)30-24-18/h3-10,19,25-26,28H,11-12H2,1-2H3,(H,23,27)/t19-,21-/m0/s1. The fourth-order valence-corrected chi connectivity index (χ4v) is 2.84. The Bertz CT molecular complexity index is 987. The number of pyridine rings is 1. The minimum atomic E-state index is -1.87. The summed E-state index contributed by atoms with van der Waals surface area (Å²) < 4.78 is 10.6. The minimum absolute atomic E-state index is 0.00839. The van der Waals surface area contributed by atoms with Gasteiger partial charge in [-0.1, -0.05) is 35.5 Å². The van der Waals surface area contributed by atoms with Crippen LogP contribution in [0.1, 0.15) is 35.6 Å². The molecule has 158 valence electrons. The number of aliphatic hydroxyl groups is 2. The number of nitrogens with zero attached hydrogens (tertiary/aromatic N) is 2. The molecule has 9 heteroatoms. The molecule has 1 aromatic carbocycles. The highest BCUT2D eigenvalue weighted by Crippen LogP contribution is 2.31. The molecule has 0 aliphatic carbocycles. The van der Waals surface area contributed by atoms with Gasteiger partial charge in [-0.15, -0.1) is 0 Å². The van der Waals surface area contributed by atoms with Crippen molar-refractivity contribution in [2.24, 2.45) is 0 Å². The van der Waals surface area contributed by atoms with Crippen LogP contribution in [-0.4, -0.2) is 37.1 Å². The van der Waals surface area contributed by atoms with Crippen LogP contribution in [0.25, 0.3) is 11.3 Å². The van der Waals surface area contributed by atoms with Crippen molar-refractivity contribution < 1.29 is 29.5 Å². The van der Waals surface area contributed by atoms with Gasteiger partial charge >= 0.3 is 0 Å². The van der Waals surface area contributed by atoms with E-state index in [0.717, 1.165) is 22.4 Å². The lowest BCUT2D eigenvalue weighted by molar-refractivity contribution is -0.174. The lowest BCUT2D eigenvalue weighted by Crippen LogP contribution is -2.50. The van der Waals surface area contributed by atoms with Crippen molar-refractivity contribution in [3.8, 4) is 11.3 Å². The summed E-state index contributed by atoms with van der Waals surface area (Å²) in [4.78, 5) is 16.6. The first-order valence-electron chi connectivity index (χ1n) is 9.22. The molecule has 2 aromatic heterocycles. The van der Waals surface area contributed by atoms with E-state index in [1.807, 2.05) is 43.3 Å². The largest absolute Gasteiger partial charge is 0.388 e. The number of amides is 1. The highest BCUT2D eigenvalue weighted by Gasteiger charge is 2.44. The molecule has 0 spiro atoms. The number of carbonyl (C=O) groups is 1. The first-order chi connectivity index (χ1) is 14.4. The van der Waals surface area contributed by atoms with Crippen molar-refractivity contribution in [3.63, 3.8) is 0 Å². The third-order valence-corrected chi connectivity index (χ3v) is 4.79. The van der Waals surface area contributed by atoms with E-state index in [1.165, 1.54) is 18.5 Å². The Morgan fingerprint density at radius 1 is 1.27 bits per heavy atom. The Hall–Kier alpha value is -3.11. The second-order valence-corrected chi connectivity index (χ2v) is 7.03. The zero-order valence-corrected chi connectivity index (χ0v) is 16.6. The number of hydrogen-bond donors (Lipinski definition) is 4. The normalized spacial score (nSPS) is 14.2. The topological polar surface area (TPSA) is 138 Å². The van der Waals surface area contributed by atoms with Gasteiger partial charge < -0.3 is 19.5 Å². The summed E-state index contributed by atoms with van der Waals surface area (Å²) in [6.07, 6.45) is 0.239. The average Bonchev–Trinajstić information content (AvgIpc) is 3.26. The number of hydroxylamine groups is 1. The molecule has 2 heterocycles. The van der Waals surface area contributed by atoms with Gasteiger partial charge in [0.25, 0.3) is 5.91 Å². The number of carbonyl (C=O) groups excluding carboxylic acids is 1.